The van der Waals surface area contributed by atoms with Gasteiger partial charge in [-0.3, -0.25) is 0 Å². The number of aromatic nitrogens is 1. The van der Waals surface area contributed by atoms with Crippen LogP contribution in [0.15, 0.2) is 16.7 Å². The van der Waals surface area contributed by atoms with E-state index in [4.69, 9.17) is 16.1 Å². The van der Waals surface area contributed by atoms with Crippen molar-refractivity contribution in [2.75, 3.05) is 0 Å². The molecule has 0 spiro atoms. The Morgan fingerprint density at radius 3 is 2.60 bits per heavy atom. The van der Waals surface area contributed by atoms with Gasteiger partial charge in [0.2, 0.25) is 0 Å². The van der Waals surface area contributed by atoms with Crippen LogP contribution in [0.4, 0.5) is 13.2 Å². The fourth-order valence-corrected chi connectivity index (χ4v) is 1.70. The fraction of sp³-hybridized carbons (Fsp3) is 0.222. The Morgan fingerprint density at radius 2 is 2.00 bits per heavy atom. The summed E-state index contributed by atoms with van der Waals surface area (Å²) in [6.45, 7) is 1.44. The third-order valence-corrected chi connectivity index (χ3v) is 2.36. The standard InChI is InChI=1S/C9H5ClF3NO/c1-4-7-6(15-14-4)3-2-5(10)8(7)9(11,12)13/h2-3H,1H3. The number of fused-ring (bicyclic) bond motifs is 1. The van der Waals surface area contributed by atoms with Gasteiger partial charge in [0.25, 0.3) is 0 Å². The molecule has 80 valence electrons. The third kappa shape index (κ3) is 1.56. The Kier molecular flexibility index (Phi) is 2.15. The molecule has 0 radical (unpaired) electrons. The second-order valence-electron chi connectivity index (χ2n) is 3.06. The Balaban J connectivity index is 2.90. The van der Waals surface area contributed by atoms with Crippen molar-refractivity contribution < 1.29 is 17.7 Å². The van der Waals surface area contributed by atoms with Crippen LogP contribution >= 0.6 is 11.6 Å². The minimum Gasteiger partial charge on any atom is -0.356 e. The summed E-state index contributed by atoms with van der Waals surface area (Å²) in [4.78, 5) is 0. The predicted molar refractivity (Wildman–Crippen MR) is 48.8 cm³/mol. The molecule has 15 heavy (non-hydrogen) atoms. The molecule has 2 aromatic rings. The maximum atomic E-state index is 12.7. The van der Waals surface area contributed by atoms with Crippen LogP contribution in [0, 0.1) is 6.92 Å². The van der Waals surface area contributed by atoms with Gasteiger partial charge in [-0.1, -0.05) is 16.8 Å². The molecule has 0 saturated heterocycles. The Hall–Kier alpha value is -1.23. The third-order valence-electron chi connectivity index (χ3n) is 2.04. The zero-order chi connectivity index (χ0) is 11.2. The molecule has 2 nitrogen and oxygen atoms in total. The highest BCUT2D eigenvalue weighted by Gasteiger charge is 2.36. The fourth-order valence-electron chi connectivity index (χ4n) is 1.43. The maximum Gasteiger partial charge on any atom is 0.418 e. The summed E-state index contributed by atoms with van der Waals surface area (Å²) >= 11 is 5.53. The molecule has 0 aliphatic carbocycles. The number of aryl methyl sites for hydroxylation is 1. The van der Waals surface area contributed by atoms with Crippen molar-refractivity contribution in [2.45, 2.75) is 13.1 Å². The first-order valence-electron chi connectivity index (χ1n) is 4.03. The van der Waals surface area contributed by atoms with Gasteiger partial charge >= 0.3 is 6.18 Å². The highest BCUT2D eigenvalue weighted by Crippen LogP contribution is 2.40. The first-order valence-corrected chi connectivity index (χ1v) is 4.40. The van der Waals surface area contributed by atoms with Crippen LogP contribution in [-0.2, 0) is 6.18 Å². The van der Waals surface area contributed by atoms with Gasteiger partial charge < -0.3 is 4.52 Å². The van der Waals surface area contributed by atoms with Crippen molar-refractivity contribution in [1.29, 1.82) is 0 Å². The number of rotatable bonds is 0. The number of alkyl halides is 3. The summed E-state index contributed by atoms with van der Waals surface area (Å²) < 4.78 is 42.8. The van der Waals surface area contributed by atoms with Crippen molar-refractivity contribution in [1.82, 2.24) is 5.16 Å². The molecule has 6 heteroatoms. The van der Waals surface area contributed by atoms with E-state index in [1.165, 1.54) is 13.0 Å². The number of benzene rings is 1. The van der Waals surface area contributed by atoms with Crippen LogP contribution in [0.5, 0.6) is 0 Å². The molecule has 2 rings (SSSR count). The second kappa shape index (κ2) is 3.13. The topological polar surface area (TPSA) is 26.0 Å². The lowest BCUT2D eigenvalue weighted by molar-refractivity contribution is -0.136. The van der Waals surface area contributed by atoms with Crippen LogP contribution in [0.1, 0.15) is 11.3 Å². The van der Waals surface area contributed by atoms with Gasteiger partial charge in [0.05, 0.1) is 21.7 Å². The molecule has 0 saturated carbocycles. The molecule has 1 aromatic heterocycles. The van der Waals surface area contributed by atoms with Crippen LogP contribution in [0.25, 0.3) is 11.0 Å². The molecule has 0 N–H and O–H groups in total. The van der Waals surface area contributed by atoms with E-state index in [0.717, 1.165) is 6.07 Å². The molecular formula is C9H5ClF3NO. The van der Waals surface area contributed by atoms with Crippen molar-refractivity contribution in [3.8, 4) is 0 Å². The summed E-state index contributed by atoms with van der Waals surface area (Å²) in [6, 6.07) is 2.52. The molecule has 0 atom stereocenters. The minimum absolute atomic E-state index is 0.0741. The van der Waals surface area contributed by atoms with Crippen LogP contribution in [0.2, 0.25) is 5.02 Å². The van der Waals surface area contributed by atoms with Gasteiger partial charge in [-0.2, -0.15) is 13.2 Å². The van der Waals surface area contributed by atoms with Crippen molar-refractivity contribution >= 4 is 22.6 Å². The molecule has 0 bridgehead atoms. The molecule has 0 fully saturated rings. The van der Waals surface area contributed by atoms with E-state index < -0.39 is 11.7 Å². The zero-order valence-corrected chi connectivity index (χ0v) is 8.28. The van der Waals surface area contributed by atoms with E-state index in [1.807, 2.05) is 0 Å². The summed E-state index contributed by atoms with van der Waals surface area (Å²) in [5, 5.41) is 3.06. The second-order valence-corrected chi connectivity index (χ2v) is 3.47. The number of hydrogen-bond acceptors (Lipinski definition) is 2. The Morgan fingerprint density at radius 1 is 1.33 bits per heavy atom. The first-order chi connectivity index (χ1) is 6.91. The normalized spacial score (nSPS) is 12.3. The zero-order valence-electron chi connectivity index (χ0n) is 7.52. The first kappa shape index (κ1) is 10.3. The SMILES string of the molecule is Cc1noc2ccc(Cl)c(C(F)(F)F)c12. The smallest absolute Gasteiger partial charge is 0.356 e. The van der Waals surface area contributed by atoms with E-state index in [9.17, 15) is 13.2 Å². The summed E-state index contributed by atoms with van der Waals surface area (Å²) in [7, 11) is 0. The summed E-state index contributed by atoms with van der Waals surface area (Å²) in [5.74, 6) is 0. The number of nitrogens with zero attached hydrogens (tertiary/aromatic N) is 1. The van der Waals surface area contributed by atoms with E-state index in [2.05, 4.69) is 5.16 Å². The largest absolute Gasteiger partial charge is 0.418 e. The highest BCUT2D eigenvalue weighted by molar-refractivity contribution is 6.32. The monoisotopic (exact) mass is 235 g/mol. The van der Waals surface area contributed by atoms with Crippen molar-refractivity contribution in [3.05, 3.63) is 28.4 Å². The van der Waals surface area contributed by atoms with Gasteiger partial charge in [-0.25, -0.2) is 0 Å². The van der Waals surface area contributed by atoms with Gasteiger partial charge in [-0.05, 0) is 19.1 Å². The molecular weight excluding hydrogens is 231 g/mol. The number of halogens is 4. The molecule has 0 aliphatic rings. The molecule has 0 unspecified atom stereocenters. The average molecular weight is 236 g/mol. The van der Waals surface area contributed by atoms with Gasteiger partial charge in [0, 0.05) is 0 Å². The van der Waals surface area contributed by atoms with Gasteiger partial charge in [0.1, 0.15) is 0 Å². The quantitative estimate of drug-likeness (QED) is 0.694. The molecule has 1 aromatic carbocycles. The van der Waals surface area contributed by atoms with E-state index >= 15 is 0 Å². The van der Waals surface area contributed by atoms with Crippen LogP contribution in [0.3, 0.4) is 0 Å². The van der Waals surface area contributed by atoms with Crippen molar-refractivity contribution in [3.63, 3.8) is 0 Å². The van der Waals surface area contributed by atoms with E-state index in [-0.39, 0.29) is 21.7 Å². The summed E-state index contributed by atoms with van der Waals surface area (Å²) in [5.41, 5.74) is -0.621. The van der Waals surface area contributed by atoms with Gasteiger partial charge in [0.15, 0.2) is 5.58 Å². The lowest BCUT2D eigenvalue weighted by Gasteiger charge is -2.09. The van der Waals surface area contributed by atoms with Crippen molar-refractivity contribution in [2.24, 2.45) is 0 Å². The lowest BCUT2D eigenvalue weighted by Crippen LogP contribution is -2.06. The average Bonchev–Trinajstić information content (AvgIpc) is 2.46. The highest BCUT2D eigenvalue weighted by atomic mass is 35.5. The molecule has 0 aliphatic heterocycles. The van der Waals surface area contributed by atoms with Gasteiger partial charge in [-0.15, -0.1) is 0 Å². The molecule has 0 amide bonds. The predicted octanol–water partition coefficient (Wildman–Crippen LogP) is 3.81. The van der Waals surface area contributed by atoms with E-state index in [0.29, 0.717) is 0 Å². The van der Waals surface area contributed by atoms with Crippen LogP contribution < -0.4 is 0 Å². The maximum absolute atomic E-state index is 12.7. The van der Waals surface area contributed by atoms with E-state index in [1.54, 1.807) is 0 Å². The Bertz CT molecular complexity index is 518. The minimum atomic E-state index is -4.51. The number of hydrogen-bond donors (Lipinski definition) is 0. The lowest BCUT2D eigenvalue weighted by atomic mass is 10.1. The van der Waals surface area contributed by atoms with Crippen LogP contribution in [-0.4, -0.2) is 5.16 Å². The Labute approximate surface area is 87.6 Å². The molecule has 1 heterocycles. The summed E-state index contributed by atoms with van der Waals surface area (Å²) in [6.07, 6.45) is -4.51.